The van der Waals surface area contributed by atoms with E-state index in [2.05, 4.69) is 14.4 Å². The molecule has 3 rings (SSSR count). The monoisotopic (exact) mass is 254 g/mol. The van der Waals surface area contributed by atoms with Crippen molar-refractivity contribution in [2.75, 3.05) is 0 Å². The lowest BCUT2D eigenvalue weighted by molar-refractivity contribution is 0.943. The van der Waals surface area contributed by atoms with E-state index in [1.807, 2.05) is 60.7 Å². The summed E-state index contributed by atoms with van der Waals surface area (Å²) in [6, 6.07) is 20.2. The Hall–Kier alpha value is -1.78. The average molecular weight is 254 g/mol. The van der Waals surface area contributed by atoms with Crippen molar-refractivity contribution in [3.63, 3.8) is 0 Å². The van der Waals surface area contributed by atoms with Gasteiger partial charge in [-0.15, -0.1) is 0 Å². The molecular weight excluding hydrogens is 242 g/mol. The lowest BCUT2D eigenvalue weighted by atomic mass is 10.1. The van der Waals surface area contributed by atoms with Gasteiger partial charge in [0.2, 0.25) is 0 Å². The number of rotatable bonds is 2. The van der Waals surface area contributed by atoms with Crippen LogP contribution in [0.3, 0.4) is 0 Å². The van der Waals surface area contributed by atoms with Crippen molar-refractivity contribution in [1.29, 1.82) is 0 Å². The van der Waals surface area contributed by atoms with Crippen molar-refractivity contribution in [2.45, 2.75) is 0 Å². The second kappa shape index (κ2) is 5.25. The molecule has 4 heteroatoms. The molecule has 89 valence electrons. The summed E-state index contributed by atoms with van der Waals surface area (Å²) >= 11 is 1.43. The second-order valence-corrected chi connectivity index (χ2v) is 4.46. The number of aliphatic imine (C=N–C) groups is 1. The Kier molecular flexibility index (Phi) is 3.30. The van der Waals surface area contributed by atoms with Gasteiger partial charge in [-0.2, -0.15) is 0 Å². The van der Waals surface area contributed by atoms with Crippen molar-refractivity contribution in [3.05, 3.63) is 78.0 Å². The Labute approximate surface area is 111 Å². The summed E-state index contributed by atoms with van der Waals surface area (Å²) in [6.45, 7) is 0. The summed E-state index contributed by atoms with van der Waals surface area (Å²) in [5, 5.41) is 0. The van der Waals surface area contributed by atoms with Gasteiger partial charge in [0.05, 0.1) is 0 Å². The summed E-state index contributed by atoms with van der Waals surface area (Å²) in [6.07, 6.45) is 0.873. The zero-order valence-corrected chi connectivity index (χ0v) is 10.4. The fourth-order valence-electron chi connectivity index (χ4n) is 1.72. The second-order valence-electron chi connectivity index (χ2n) is 3.85. The summed E-state index contributed by atoms with van der Waals surface area (Å²) in [7, 11) is 0. The fourth-order valence-corrected chi connectivity index (χ4v) is 2.29. The first-order valence-electron chi connectivity index (χ1n) is 5.68. The van der Waals surface area contributed by atoms with E-state index < -0.39 is 0 Å². The van der Waals surface area contributed by atoms with Crippen LogP contribution in [-0.4, -0.2) is 5.84 Å². The van der Waals surface area contributed by atoms with Gasteiger partial charge in [-0.1, -0.05) is 60.7 Å². The predicted octanol–water partition coefficient (Wildman–Crippen LogP) is 2.73. The molecule has 0 spiro atoms. The molecule has 0 unspecified atom stereocenters. The number of hydrogen-bond acceptors (Lipinski definition) is 4. The zero-order valence-electron chi connectivity index (χ0n) is 9.63. The van der Waals surface area contributed by atoms with Crippen LogP contribution < -0.4 is 9.44 Å². The van der Waals surface area contributed by atoms with Crippen LogP contribution in [-0.2, 0) is 0 Å². The van der Waals surface area contributed by atoms with Crippen molar-refractivity contribution in [2.24, 2.45) is 4.99 Å². The van der Waals surface area contributed by atoms with Gasteiger partial charge in [-0.3, -0.25) is 0 Å². The van der Waals surface area contributed by atoms with E-state index in [-0.39, 0.29) is 0 Å². The van der Waals surface area contributed by atoms with E-state index in [1.165, 1.54) is 12.1 Å². The topological polar surface area (TPSA) is 36.4 Å². The van der Waals surface area contributed by atoms with Crippen molar-refractivity contribution < 1.29 is 0 Å². The maximum atomic E-state index is 4.61. The third kappa shape index (κ3) is 2.39. The molecule has 0 saturated carbocycles. The van der Waals surface area contributed by atoms with Gasteiger partial charge in [0.25, 0.3) is 0 Å². The molecule has 2 aromatic rings. The maximum Gasteiger partial charge on any atom is 0.192 e. The van der Waals surface area contributed by atoms with E-state index in [4.69, 9.17) is 0 Å². The number of nitrogens with one attached hydrogen (secondary N) is 2. The smallest absolute Gasteiger partial charge is 0.192 e. The normalized spacial score (nSPS) is 15.9. The van der Waals surface area contributed by atoms with Crippen LogP contribution in [0.4, 0.5) is 0 Å². The third-order valence-electron chi connectivity index (χ3n) is 2.61. The molecule has 1 heterocycles. The Balaban J connectivity index is 1.91. The molecule has 3 nitrogen and oxygen atoms in total. The summed E-state index contributed by atoms with van der Waals surface area (Å²) in [5.74, 6) is 0.873. The maximum absolute atomic E-state index is 4.61. The molecule has 2 N–H and O–H groups in total. The molecule has 0 atom stereocenters. The highest BCUT2D eigenvalue weighted by Gasteiger charge is 2.18. The van der Waals surface area contributed by atoms with Crippen LogP contribution in [0.2, 0.25) is 0 Å². The van der Waals surface area contributed by atoms with Gasteiger partial charge in [0.1, 0.15) is 5.84 Å². The summed E-state index contributed by atoms with van der Waals surface area (Å²) in [5.41, 5.74) is 2.17. The van der Waals surface area contributed by atoms with Gasteiger partial charge in [0, 0.05) is 17.7 Å². The van der Waals surface area contributed by atoms with E-state index >= 15 is 0 Å². The Bertz CT molecular complexity index is 539. The molecule has 1 aliphatic rings. The zero-order chi connectivity index (χ0) is 12.2. The molecular formula is C14H12N3S. The molecule has 0 amide bonds. The standard InChI is InChI=1S/C14H12N3S/c1-3-7-11(8-4-1)13-15-14(17-18-16-13)12-9-5-2-6-10-12/h1-10,16H,(H,15,17). The first-order valence-corrected chi connectivity index (χ1v) is 6.49. The largest absolute Gasteiger partial charge is 0.301 e. The number of hydrogen-bond donors (Lipinski definition) is 2. The van der Waals surface area contributed by atoms with Gasteiger partial charge >= 0.3 is 0 Å². The van der Waals surface area contributed by atoms with Crippen molar-refractivity contribution in [3.8, 4) is 0 Å². The quantitative estimate of drug-likeness (QED) is 0.809. The molecule has 1 aliphatic heterocycles. The van der Waals surface area contributed by atoms with E-state index in [0.29, 0.717) is 0 Å². The number of benzene rings is 2. The highest BCUT2D eigenvalue weighted by atomic mass is 32.2. The van der Waals surface area contributed by atoms with Crippen molar-refractivity contribution >= 4 is 18.0 Å². The minimum Gasteiger partial charge on any atom is -0.301 e. The van der Waals surface area contributed by atoms with Gasteiger partial charge in [0.15, 0.2) is 6.17 Å². The SMILES string of the molecule is c1ccc([C]2N=C(c3ccccc3)NSN2)cc1. The first kappa shape index (κ1) is 11.3. The highest BCUT2D eigenvalue weighted by molar-refractivity contribution is 7.96. The van der Waals surface area contributed by atoms with Crippen LogP contribution in [0, 0.1) is 6.17 Å². The van der Waals surface area contributed by atoms with Crippen LogP contribution in [0.25, 0.3) is 0 Å². The van der Waals surface area contributed by atoms with E-state index in [0.717, 1.165) is 23.1 Å². The lowest BCUT2D eigenvalue weighted by Gasteiger charge is -2.21. The molecule has 0 fully saturated rings. The van der Waals surface area contributed by atoms with Crippen molar-refractivity contribution in [1.82, 2.24) is 9.44 Å². The van der Waals surface area contributed by atoms with Gasteiger partial charge in [-0.25, -0.2) is 9.71 Å². The lowest BCUT2D eigenvalue weighted by Crippen LogP contribution is -2.31. The molecule has 2 aromatic carbocycles. The third-order valence-corrected chi connectivity index (χ3v) is 3.20. The minimum absolute atomic E-state index is 0.873. The molecule has 0 aliphatic carbocycles. The number of nitrogens with zero attached hydrogens (tertiary/aromatic N) is 1. The van der Waals surface area contributed by atoms with E-state index in [9.17, 15) is 0 Å². The van der Waals surface area contributed by atoms with Gasteiger partial charge < -0.3 is 4.72 Å². The predicted molar refractivity (Wildman–Crippen MR) is 75.6 cm³/mol. The first-order chi connectivity index (χ1) is 8.93. The summed E-state index contributed by atoms with van der Waals surface area (Å²) < 4.78 is 6.34. The average Bonchev–Trinajstić information content (AvgIpc) is 2.49. The van der Waals surface area contributed by atoms with Crippen LogP contribution >= 0.6 is 12.1 Å². The molecule has 0 bridgehead atoms. The molecule has 1 radical (unpaired) electrons. The molecule has 0 aromatic heterocycles. The van der Waals surface area contributed by atoms with Crippen LogP contribution in [0.1, 0.15) is 11.1 Å². The van der Waals surface area contributed by atoms with Crippen LogP contribution in [0.5, 0.6) is 0 Å². The fraction of sp³-hybridized carbons (Fsp3) is 0. The van der Waals surface area contributed by atoms with E-state index in [1.54, 1.807) is 0 Å². The molecule has 18 heavy (non-hydrogen) atoms. The van der Waals surface area contributed by atoms with Gasteiger partial charge in [-0.05, 0) is 5.56 Å². The summed E-state index contributed by atoms with van der Waals surface area (Å²) in [4.78, 5) is 4.61. The van der Waals surface area contributed by atoms with Crippen LogP contribution in [0.15, 0.2) is 65.7 Å². The number of amidine groups is 1. The molecule has 0 saturated heterocycles. The highest BCUT2D eigenvalue weighted by Crippen LogP contribution is 2.20. The Morgan fingerprint density at radius 2 is 1.33 bits per heavy atom. The Morgan fingerprint density at radius 3 is 2.00 bits per heavy atom. The Morgan fingerprint density at radius 1 is 0.722 bits per heavy atom. The minimum atomic E-state index is 0.873.